The van der Waals surface area contributed by atoms with Crippen molar-refractivity contribution in [3.8, 4) is 11.5 Å². The van der Waals surface area contributed by atoms with Crippen molar-refractivity contribution in [2.24, 2.45) is 0 Å². The second-order valence-electron chi connectivity index (χ2n) is 10.0. The van der Waals surface area contributed by atoms with Crippen LogP contribution in [0.3, 0.4) is 0 Å². The van der Waals surface area contributed by atoms with Crippen molar-refractivity contribution < 1.29 is 38.1 Å². The molecule has 2 aromatic carbocycles. The van der Waals surface area contributed by atoms with E-state index >= 15 is 4.79 Å². The molecule has 11 nitrogen and oxygen atoms in total. The van der Waals surface area contributed by atoms with Crippen LogP contribution in [0.1, 0.15) is 36.0 Å². The molecule has 11 heteroatoms. The maximum Gasteiger partial charge on any atom is 0.414 e. The quantitative estimate of drug-likeness (QED) is 0.589. The van der Waals surface area contributed by atoms with Gasteiger partial charge in [-0.15, -0.1) is 0 Å². The van der Waals surface area contributed by atoms with Crippen LogP contribution in [-0.4, -0.2) is 76.0 Å². The van der Waals surface area contributed by atoms with E-state index in [4.69, 9.17) is 18.9 Å². The Hall–Kier alpha value is -4.28. The van der Waals surface area contributed by atoms with E-state index in [1.165, 1.54) is 43.1 Å². The predicted molar refractivity (Wildman–Crippen MR) is 138 cm³/mol. The lowest BCUT2D eigenvalue weighted by atomic mass is 9.59. The number of para-hydroxylation sites is 1. The van der Waals surface area contributed by atoms with Crippen LogP contribution < -0.4 is 19.3 Å². The Labute approximate surface area is 225 Å². The van der Waals surface area contributed by atoms with Crippen molar-refractivity contribution in [1.29, 1.82) is 0 Å². The van der Waals surface area contributed by atoms with Crippen molar-refractivity contribution in [1.82, 2.24) is 4.90 Å². The zero-order chi connectivity index (χ0) is 27.7. The molecule has 0 aliphatic carbocycles. The third kappa shape index (κ3) is 2.92. The summed E-state index contributed by atoms with van der Waals surface area (Å²) in [6, 6.07) is 9.22. The van der Waals surface area contributed by atoms with Crippen molar-refractivity contribution in [3.05, 3.63) is 47.0 Å². The third-order valence-electron chi connectivity index (χ3n) is 8.64. The fourth-order valence-electron chi connectivity index (χ4n) is 7.12. The number of piperidine rings is 1. The molecule has 3 amide bonds. The van der Waals surface area contributed by atoms with Gasteiger partial charge in [0.2, 0.25) is 5.91 Å². The minimum Gasteiger partial charge on any atom is -0.492 e. The van der Waals surface area contributed by atoms with Gasteiger partial charge in [0.1, 0.15) is 0 Å². The maximum atomic E-state index is 15.0. The lowest BCUT2D eigenvalue weighted by molar-refractivity contribution is -0.141. The van der Waals surface area contributed by atoms with Gasteiger partial charge in [-0.1, -0.05) is 18.2 Å². The number of carbonyl (C=O) groups excluding carboxylic acids is 4. The number of Topliss-reactive ketones (excluding diaryl/α,β-unsaturated/α-hetero) is 1. The van der Waals surface area contributed by atoms with Crippen LogP contribution in [0.4, 0.5) is 21.0 Å². The topological polar surface area (TPSA) is 115 Å². The Morgan fingerprint density at radius 2 is 1.56 bits per heavy atom. The molecular formula is C28H29N3O8. The Morgan fingerprint density at radius 3 is 2.26 bits per heavy atom. The highest BCUT2D eigenvalue weighted by molar-refractivity contribution is 6.17. The fraction of sp³-hybridized carbons (Fsp3) is 0.429. The number of nitrogens with zero attached hydrogens (tertiary/aromatic N) is 3. The van der Waals surface area contributed by atoms with Gasteiger partial charge >= 0.3 is 12.2 Å². The zero-order valence-electron chi connectivity index (χ0n) is 22.2. The predicted octanol–water partition coefficient (Wildman–Crippen LogP) is 3.00. The summed E-state index contributed by atoms with van der Waals surface area (Å²) < 4.78 is 21.9. The zero-order valence-corrected chi connectivity index (χ0v) is 22.2. The molecule has 2 saturated heterocycles. The molecule has 2 atom stereocenters. The van der Waals surface area contributed by atoms with E-state index in [0.717, 1.165) is 5.56 Å². The number of hydrogen-bond acceptors (Lipinski definition) is 8. The molecule has 0 aromatic heterocycles. The van der Waals surface area contributed by atoms with Crippen LogP contribution in [0.15, 0.2) is 30.3 Å². The number of amides is 3. The van der Waals surface area contributed by atoms with Crippen LogP contribution >= 0.6 is 0 Å². The van der Waals surface area contributed by atoms with Crippen molar-refractivity contribution in [2.45, 2.75) is 36.8 Å². The number of likely N-dealkylation sites (tertiary alicyclic amines) is 1. The van der Waals surface area contributed by atoms with Crippen LogP contribution in [-0.2, 0) is 30.9 Å². The van der Waals surface area contributed by atoms with Crippen molar-refractivity contribution in [2.75, 3.05) is 51.3 Å². The summed E-state index contributed by atoms with van der Waals surface area (Å²) >= 11 is 0. The first-order valence-corrected chi connectivity index (χ1v) is 12.8. The number of fused-ring (bicyclic) bond motifs is 5. The van der Waals surface area contributed by atoms with Gasteiger partial charge in [-0.2, -0.15) is 0 Å². The number of carbonyl (C=O) groups is 4. The minimum absolute atomic E-state index is 0.113. The molecule has 4 heterocycles. The van der Waals surface area contributed by atoms with Gasteiger partial charge in [0.25, 0.3) is 0 Å². The first-order chi connectivity index (χ1) is 18.8. The average molecular weight is 536 g/mol. The lowest BCUT2D eigenvalue weighted by Crippen LogP contribution is -2.75. The highest BCUT2D eigenvalue weighted by Gasteiger charge is 2.70. The summed E-state index contributed by atoms with van der Waals surface area (Å²) in [5.74, 6) is 0.114. The van der Waals surface area contributed by atoms with Gasteiger partial charge in [0.15, 0.2) is 22.9 Å². The number of benzene rings is 2. The standard InChI is InChI=1S/C28H29N3O8/c1-36-22-18(15-16-10-13-29(25(34)38-3)21(16)23(22)37-2)27-12-14-30(26(35)39-4)28(24(27)33)11-9-20(32)31(28)19-8-6-5-7-17(19)27/h5-8,15H,9-14H2,1-4H3/t27-,28+/m1/s1. The fourth-order valence-corrected chi connectivity index (χ4v) is 7.12. The number of anilines is 2. The summed E-state index contributed by atoms with van der Waals surface area (Å²) in [5, 5.41) is 0. The normalized spacial score (nSPS) is 24.7. The van der Waals surface area contributed by atoms with Gasteiger partial charge < -0.3 is 18.9 Å². The van der Waals surface area contributed by atoms with Crippen LogP contribution in [0.2, 0.25) is 0 Å². The molecule has 0 unspecified atom stereocenters. The van der Waals surface area contributed by atoms with Gasteiger partial charge in [-0.3, -0.25) is 24.3 Å². The number of rotatable bonds is 3. The molecule has 0 saturated carbocycles. The third-order valence-corrected chi connectivity index (χ3v) is 8.64. The van der Waals surface area contributed by atoms with E-state index < -0.39 is 23.3 Å². The largest absolute Gasteiger partial charge is 0.492 e. The van der Waals surface area contributed by atoms with E-state index in [1.54, 1.807) is 0 Å². The Kier molecular flexibility index (Phi) is 5.53. The van der Waals surface area contributed by atoms with Gasteiger partial charge in [0, 0.05) is 31.5 Å². The summed E-state index contributed by atoms with van der Waals surface area (Å²) in [6.45, 7) is 0.554. The molecule has 6 rings (SSSR count). The SMILES string of the molecule is COC(=O)N1CCc2cc([C@@]34CCN(C(=O)OC)[C@]5(CCC(=O)N5c5ccccc53)C4=O)c(OC)c(OC)c21. The summed E-state index contributed by atoms with van der Waals surface area (Å²) in [4.78, 5) is 58.3. The van der Waals surface area contributed by atoms with Gasteiger partial charge in [-0.25, -0.2) is 9.59 Å². The van der Waals surface area contributed by atoms with E-state index in [1.807, 2.05) is 30.3 Å². The molecule has 2 fully saturated rings. The molecule has 1 spiro atoms. The van der Waals surface area contributed by atoms with Crippen LogP contribution in [0, 0.1) is 0 Å². The smallest absolute Gasteiger partial charge is 0.414 e. The van der Waals surface area contributed by atoms with E-state index in [2.05, 4.69) is 0 Å². The summed E-state index contributed by atoms with van der Waals surface area (Å²) in [7, 11) is 5.57. The van der Waals surface area contributed by atoms with Crippen LogP contribution in [0.25, 0.3) is 0 Å². The highest BCUT2D eigenvalue weighted by Crippen LogP contribution is 2.61. The lowest BCUT2D eigenvalue weighted by Gasteiger charge is -2.58. The van der Waals surface area contributed by atoms with E-state index in [-0.39, 0.29) is 37.5 Å². The first-order valence-electron chi connectivity index (χ1n) is 12.8. The van der Waals surface area contributed by atoms with E-state index in [0.29, 0.717) is 47.0 Å². The maximum absolute atomic E-state index is 15.0. The summed E-state index contributed by atoms with van der Waals surface area (Å²) in [6.07, 6.45) is -0.166. The monoisotopic (exact) mass is 535 g/mol. The number of hydrogen-bond donors (Lipinski definition) is 0. The van der Waals surface area contributed by atoms with E-state index in [9.17, 15) is 14.4 Å². The Balaban J connectivity index is 1.68. The van der Waals surface area contributed by atoms with Gasteiger partial charge in [0.05, 0.1) is 45.2 Å². The Bertz CT molecular complexity index is 1440. The molecule has 4 aliphatic heterocycles. The first kappa shape index (κ1) is 25.0. The average Bonchev–Trinajstić information content (AvgIpc) is 3.53. The highest BCUT2D eigenvalue weighted by atomic mass is 16.5. The number of ether oxygens (including phenoxy) is 4. The summed E-state index contributed by atoms with van der Waals surface area (Å²) in [5.41, 5.74) is 0.368. The second kappa shape index (κ2) is 8.62. The molecule has 0 radical (unpaired) electrons. The number of ketones is 1. The minimum atomic E-state index is -1.54. The van der Waals surface area contributed by atoms with Crippen molar-refractivity contribution in [3.63, 3.8) is 0 Å². The second-order valence-corrected chi connectivity index (χ2v) is 10.0. The molecular weight excluding hydrogens is 506 g/mol. The van der Waals surface area contributed by atoms with Crippen LogP contribution in [0.5, 0.6) is 11.5 Å². The molecule has 4 aliphatic rings. The molecule has 204 valence electrons. The van der Waals surface area contributed by atoms with Crippen molar-refractivity contribution >= 4 is 35.3 Å². The molecule has 0 N–H and O–H groups in total. The molecule has 2 bridgehead atoms. The Morgan fingerprint density at radius 1 is 0.846 bits per heavy atom. The number of methoxy groups -OCH3 is 4. The molecule has 2 aromatic rings. The molecule has 39 heavy (non-hydrogen) atoms. The van der Waals surface area contributed by atoms with Gasteiger partial charge in [-0.05, 0) is 36.1 Å².